The number of aromatic nitrogens is 1. The Bertz CT molecular complexity index is 424. The summed E-state index contributed by atoms with van der Waals surface area (Å²) in [4.78, 5) is 15.4. The molecule has 0 spiro atoms. The maximum Gasteiger partial charge on any atom is 0.320 e. The summed E-state index contributed by atoms with van der Waals surface area (Å²) in [7, 11) is 0. The normalized spacial score (nSPS) is 9.88. The lowest BCUT2D eigenvalue weighted by atomic mass is 10.3. The highest BCUT2D eigenvalue weighted by molar-refractivity contribution is 5.88. The lowest BCUT2D eigenvalue weighted by Crippen LogP contribution is -2.30. The first kappa shape index (κ1) is 12.7. The molecule has 0 aliphatic rings. The number of carbonyl (C=O) groups excluding carboxylic acids is 1. The second-order valence-corrected chi connectivity index (χ2v) is 3.28. The van der Waals surface area contributed by atoms with Crippen LogP contribution in [-0.2, 0) is 0 Å². The minimum absolute atomic E-state index is 0.308. The van der Waals surface area contributed by atoms with Gasteiger partial charge in [0.25, 0.3) is 0 Å². The zero-order valence-electron chi connectivity index (χ0n) is 9.52. The Morgan fingerprint density at radius 3 is 2.94 bits per heavy atom. The fourth-order valence-electron chi connectivity index (χ4n) is 1.05. The van der Waals surface area contributed by atoms with E-state index in [0.29, 0.717) is 12.4 Å². The van der Waals surface area contributed by atoms with E-state index in [9.17, 15) is 4.79 Å². The second kappa shape index (κ2) is 7.00. The summed E-state index contributed by atoms with van der Waals surface area (Å²) >= 11 is 0. The van der Waals surface area contributed by atoms with Gasteiger partial charge in [0, 0.05) is 12.7 Å². The molecular formula is C13H15N3O. The SMILES string of the molecule is C=C/C=C\C(=C)CNC(=O)Nc1ccccn1. The molecule has 1 aromatic rings. The zero-order chi connectivity index (χ0) is 12.5. The number of nitrogens with one attached hydrogen (secondary N) is 2. The Labute approximate surface area is 101 Å². The Kier molecular flexibility index (Phi) is 5.24. The number of urea groups is 1. The van der Waals surface area contributed by atoms with Crippen LogP contribution in [0.25, 0.3) is 0 Å². The van der Waals surface area contributed by atoms with E-state index in [1.54, 1.807) is 42.6 Å². The highest BCUT2D eigenvalue weighted by atomic mass is 16.2. The van der Waals surface area contributed by atoms with Crippen molar-refractivity contribution in [3.8, 4) is 0 Å². The van der Waals surface area contributed by atoms with E-state index in [4.69, 9.17) is 0 Å². The second-order valence-electron chi connectivity index (χ2n) is 3.28. The van der Waals surface area contributed by atoms with Gasteiger partial charge in [0.1, 0.15) is 5.82 Å². The highest BCUT2D eigenvalue weighted by Crippen LogP contribution is 1.99. The van der Waals surface area contributed by atoms with Gasteiger partial charge in [-0.1, -0.05) is 37.5 Å². The van der Waals surface area contributed by atoms with Crippen LogP contribution in [0.3, 0.4) is 0 Å². The molecule has 4 heteroatoms. The van der Waals surface area contributed by atoms with Crippen LogP contribution in [0.15, 0.2) is 61.4 Å². The fraction of sp³-hybridized carbons (Fsp3) is 0.0769. The standard InChI is InChI=1S/C13H15N3O/c1-3-4-7-11(2)10-15-13(17)16-12-8-5-6-9-14-12/h3-9H,1-2,10H2,(H2,14,15,16,17)/b7-4-. The summed E-state index contributed by atoms with van der Waals surface area (Å²) < 4.78 is 0. The van der Waals surface area contributed by atoms with E-state index in [1.165, 1.54) is 0 Å². The van der Waals surface area contributed by atoms with Gasteiger partial charge in [0.2, 0.25) is 0 Å². The van der Waals surface area contributed by atoms with Gasteiger partial charge in [-0.15, -0.1) is 0 Å². The quantitative estimate of drug-likeness (QED) is 0.762. The van der Waals surface area contributed by atoms with Gasteiger partial charge < -0.3 is 5.32 Å². The molecule has 1 rings (SSSR count). The first-order valence-corrected chi connectivity index (χ1v) is 5.15. The Hall–Kier alpha value is -2.36. The van der Waals surface area contributed by atoms with Crippen molar-refractivity contribution in [2.45, 2.75) is 0 Å². The van der Waals surface area contributed by atoms with Gasteiger partial charge in [0.15, 0.2) is 0 Å². The van der Waals surface area contributed by atoms with E-state index < -0.39 is 0 Å². The number of amides is 2. The average molecular weight is 229 g/mol. The van der Waals surface area contributed by atoms with Crippen LogP contribution in [0.1, 0.15) is 0 Å². The summed E-state index contributed by atoms with van der Waals surface area (Å²) in [5, 5.41) is 5.27. The molecule has 0 bridgehead atoms. The number of nitrogens with zero attached hydrogens (tertiary/aromatic N) is 1. The lowest BCUT2D eigenvalue weighted by molar-refractivity contribution is 0.253. The minimum atomic E-state index is -0.308. The molecule has 88 valence electrons. The van der Waals surface area contributed by atoms with Crippen LogP contribution < -0.4 is 10.6 Å². The molecule has 0 aromatic carbocycles. The van der Waals surface area contributed by atoms with Crippen molar-refractivity contribution in [1.29, 1.82) is 0 Å². The summed E-state index contributed by atoms with van der Waals surface area (Å²) in [6.07, 6.45) is 6.81. The predicted molar refractivity (Wildman–Crippen MR) is 69.7 cm³/mol. The van der Waals surface area contributed by atoms with Crippen LogP contribution in [0.2, 0.25) is 0 Å². The maximum atomic E-state index is 11.4. The molecule has 1 aromatic heterocycles. The molecule has 0 saturated heterocycles. The van der Waals surface area contributed by atoms with E-state index in [2.05, 4.69) is 28.8 Å². The van der Waals surface area contributed by atoms with Crippen LogP contribution in [0.4, 0.5) is 10.6 Å². The monoisotopic (exact) mass is 229 g/mol. The van der Waals surface area contributed by atoms with Gasteiger partial charge in [-0.25, -0.2) is 9.78 Å². The minimum Gasteiger partial charge on any atom is -0.334 e. The molecule has 0 radical (unpaired) electrons. The molecule has 0 saturated carbocycles. The molecular weight excluding hydrogens is 214 g/mol. The van der Waals surface area contributed by atoms with Crippen LogP contribution in [0, 0.1) is 0 Å². The molecule has 17 heavy (non-hydrogen) atoms. The molecule has 0 unspecified atom stereocenters. The predicted octanol–water partition coefficient (Wildman–Crippen LogP) is 2.50. The number of hydrogen-bond acceptors (Lipinski definition) is 2. The Balaban J connectivity index is 2.33. The number of pyridine rings is 1. The fourth-order valence-corrected chi connectivity index (χ4v) is 1.05. The average Bonchev–Trinajstić information content (AvgIpc) is 2.35. The number of rotatable bonds is 5. The van der Waals surface area contributed by atoms with Crippen LogP contribution in [-0.4, -0.2) is 17.6 Å². The van der Waals surface area contributed by atoms with Gasteiger partial charge in [-0.2, -0.15) is 0 Å². The topological polar surface area (TPSA) is 54.0 Å². The third kappa shape index (κ3) is 5.32. The van der Waals surface area contributed by atoms with Crippen molar-refractivity contribution >= 4 is 11.8 Å². The third-order valence-corrected chi connectivity index (χ3v) is 1.85. The molecule has 2 amide bonds. The van der Waals surface area contributed by atoms with Gasteiger partial charge in [-0.3, -0.25) is 5.32 Å². The zero-order valence-corrected chi connectivity index (χ0v) is 9.52. The van der Waals surface area contributed by atoms with Crippen molar-refractivity contribution in [1.82, 2.24) is 10.3 Å². The van der Waals surface area contributed by atoms with Crippen LogP contribution >= 0.6 is 0 Å². The molecule has 0 aliphatic heterocycles. The van der Waals surface area contributed by atoms with Crippen LogP contribution in [0.5, 0.6) is 0 Å². The van der Waals surface area contributed by atoms with Crippen molar-refractivity contribution in [3.63, 3.8) is 0 Å². The Morgan fingerprint density at radius 2 is 2.29 bits per heavy atom. The summed E-state index contributed by atoms with van der Waals surface area (Å²) in [6, 6.07) is 4.99. The van der Waals surface area contributed by atoms with E-state index in [0.717, 1.165) is 5.57 Å². The van der Waals surface area contributed by atoms with Gasteiger partial charge in [0.05, 0.1) is 0 Å². The first-order valence-electron chi connectivity index (χ1n) is 5.15. The van der Waals surface area contributed by atoms with E-state index >= 15 is 0 Å². The molecule has 1 heterocycles. The smallest absolute Gasteiger partial charge is 0.320 e. The Morgan fingerprint density at radius 1 is 1.47 bits per heavy atom. The number of allylic oxidation sites excluding steroid dienone is 2. The van der Waals surface area contributed by atoms with Gasteiger partial charge in [-0.05, 0) is 17.7 Å². The lowest BCUT2D eigenvalue weighted by Gasteiger charge is -2.06. The molecule has 2 N–H and O–H groups in total. The third-order valence-electron chi connectivity index (χ3n) is 1.85. The summed E-state index contributed by atoms with van der Waals surface area (Å²) in [5.74, 6) is 0.511. The first-order chi connectivity index (χ1) is 8.22. The van der Waals surface area contributed by atoms with Gasteiger partial charge >= 0.3 is 6.03 Å². The highest BCUT2D eigenvalue weighted by Gasteiger charge is 2.00. The summed E-state index contributed by atoms with van der Waals surface area (Å²) in [5.41, 5.74) is 0.793. The summed E-state index contributed by atoms with van der Waals surface area (Å²) in [6.45, 7) is 7.70. The van der Waals surface area contributed by atoms with Crippen molar-refractivity contribution in [2.75, 3.05) is 11.9 Å². The van der Waals surface area contributed by atoms with Crippen molar-refractivity contribution in [2.24, 2.45) is 0 Å². The largest absolute Gasteiger partial charge is 0.334 e. The molecule has 0 fully saturated rings. The van der Waals surface area contributed by atoms with E-state index in [-0.39, 0.29) is 6.03 Å². The van der Waals surface area contributed by atoms with E-state index in [1.807, 2.05) is 0 Å². The molecule has 4 nitrogen and oxygen atoms in total. The maximum absolute atomic E-state index is 11.4. The number of hydrogen-bond donors (Lipinski definition) is 2. The number of carbonyl (C=O) groups is 1. The van der Waals surface area contributed by atoms with Crippen molar-refractivity contribution < 1.29 is 4.79 Å². The van der Waals surface area contributed by atoms with Crippen molar-refractivity contribution in [3.05, 3.63) is 61.4 Å². The molecule has 0 aliphatic carbocycles. The molecule has 0 atom stereocenters. The number of anilines is 1.